The lowest BCUT2D eigenvalue weighted by atomic mass is 9.35. The van der Waals surface area contributed by atoms with Crippen LogP contribution in [-0.4, -0.2) is 180 Å². The minimum atomic E-state index is -1.82. The van der Waals surface area contributed by atoms with Gasteiger partial charge in [-0.05, 0) is 124 Å². The SMILES string of the molecule is CC(C)=CCCC(C)(O)C1CCC2(C)C1C(O)CC1C3(C)CCC(OC4OC(COC5OCC(O)C(O)C5O)C(O)C(O)C4OC4OC(CO)C(O)C(O)C4O)C(C)(C)C3CCC12C. The van der Waals surface area contributed by atoms with Gasteiger partial charge >= 0.3 is 0 Å². The van der Waals surface area contributed by atoms with Crippen molar-refractivity contribution < 1.29 is 84.6 Å². The Balaban J connectivity index is 1.12. The molecular weight excluding hydrogens is 836 g/mol. The van der Waals surface area contributed by atoms with Crippen LogP contribution < -0.4 is 0 Å². The van der Waals surface area contributed by atoms with E-state index < -0.39 is 122 Å². The normalized spacial score (nSPS) is 52.5. The summed E-state index contributed by atoms with van der Waals surface area (Å²) >= 11 is 0. The van der Waals surface area contributed by atoms with Crippen molar-refractivity contribution >= 4 is 0 Å². The van der Waals surface area contributed by atoms with Crippen molar-refractivity contribution in [2.45, 2.75) is 217 Å². The average Bonchev–Trinajstić information content (AvgIpc) is 3.62. The van der Waals surface area contributed by atoms with E-state index in [0.29, 0.717) is 19.3 Å². The zero-order chi connectivity index (χ0) is 47.1. The molecule has 0 amide bonds. The van der Waals surface area contributed by atoms with Crippen LogP contribution in [0.1, 0.15) is 113 Å². The molecule has 0 aromatic heterocycles. The average molecular weight is 917 g/mol. The Morgan fingerprint density at radius 1 is 0.688 bits per heavy atom. The maximum Gasteiger partial charge on any atom is 0.187 e. The number of ether oxygens (including phenoxy) is 6. The molecular formula is C47H80O17. The van der Waals surface area contributed by atoms with E-state index in [4.69, 9.17) is 28.4 Å². The Kier molecular flexibility index (Phi) is 14.9. The molecule has 0 aromatic rings. The second-order valence-corrected chi connectivity index (χ2v) is 22.5. The van der Waals surface area contributed by atoms with Crippen molar-refractivity contribution in [1.29, 1.82) is 0 Å². The third-order valence-electron chi connectivity index (χ3n) is 18.3. The van der Waals surface area contributed by atoms with E-state index in [1.54, 1.807) is 0 Å². The highest BCUT2D eigenvalue weighted by atomic mass is 16.8. The molecule has 0 spiro atoms. The van der Waals surface area contributed by atoms with Crippen LogP contribution in [0.3, 0.4) is 0 Å². The number of hydrogen-bond acceptors (Lipinski definition) is 17. The predicted octanol–water partition coefficient (Wildman–Crippen LogP) is 0.612. The highest BCUT2D eigenvalue weighted by molar-refractivity contribution is 5.20. The number of hydrogen-bond donors (Lipinski definition) is 11. The Bertz CT molecular complexity index is 1620. The zero-order valence-corrected chi connectivity index (χ0v) is 39.0. The topological polar surface area (TPSA) is 278 Å². The maximum atomic E-state index is 12.3. The van der Waals surface area contributed by atoms with Gasteiger partial charge in [-0.2, -0.15) is 0 Å². The number of aliphatic hydroxyl groups excluding tert-OH is 10. The first-order valence-corrected chi connectivity index (χ1v) is 23.8. The summed E-state index contributed by atoms with van der Waals surface area (Å²) in [7, 11) is 0. The fourth-order valence-corrected chi connectivity index (χ4v) is 14.4. The molecule has 24 atom stereocenters. The Hall–Kier alpha value is -0.940. The summed E-state index contributed by atoms with van der Waals surface area (Å²) < 4.78 is 36.1. The molecule has 11 N–H and O–H groups in total. The van der Waals surface area contributed by atoms with E-state index in [1.807, 2.05) is 6.92 Å². The lowest BCUT2D eigenvalue weighted by Crippen LogP contribution is -2.68. The molecule has 7 rings (SSSR count). The molecule has 0 bridgehead atoms. The van der Waals surface area contributed by atoms with Crippen LogP contribution >= 0.6 is 0 Å². The van der Waals surface area contributed by atoms with E-state index in [-0.39, 0.29) is 46.5 Å². The van der Waals surface area contributed by atoms with E-state index in [2.05, 4.69) is 54.5 Å². The minimum absolute atomic E-state index is 0.0153. The van der Waals surface area contributed by atoms with Gasteiger partial charge in [-0.15, -0.1) is 0 Å². The molecule has 0 aromatic carbocycles. The molecule has 4 saturated carbocycles. The Morgan fingerprint density at radius 3 is 2.00 bits per heavy atom. The van der Waals surface area contributed by atoms with Crippen molar-refractivity contribution in [3.63, 3.8) is 0 Å². The van der Waals surface area contributed by atoms with Gasteiger partial charge in [0.25, 0.3) is 0 Å². The molecule has 3 aliphatic heterocycles. The highest BCUT2D eigenvalue weighted by Crippen LogP contribution is 2.76. The molecule has 3 heterocycles. The van der Waals surface area contributed by atoms with Crippen LogP contribution in [0.15, 0.2) is 11.6 Å². The number of allylic oxidation sites excluding steroid dienone is 2. The first-order chi connectivity index (χ1) is 29.8. The van der Waals surface area contributed by atoms with E-state index in [9.17, 15) is 56.2 Å². The van der Waals surface area contributed by atoms with E-state index in [0.717, 1.165) is 38.5 Å². The van der Waals surface area contributed by atoms with Crippen LogP contribution in [0, 0.1) is 45.3 Å². The third-order valence-corrected chi connectivity index (χ3v) is 18.3. The summed E-state index contributed by atoms with van der Waals surface area (Å²) in [5.41, 5.74) is -0.714. The van der Waals surface area contributed by atoms with Gasteiger partial charge in [0, 0.05) is 0 Å². The van der Waals surface area contributed by atoms with Crippen molar-refractivity contribution in [3.8, 4) is 0 Å². The van der Waals surface area contributed by atoms with Gasteiger partial charge in [0.1, 0.15) is 67.1 Å². The lowest BCUT2D eigenvalue weighted by Gasteiger charge is -2.70. The monoisotopic (exact) mass is 917 g/mol. The molecule has 17 nitrogen and oxygen atoms in total. The second kappa shape index (κ2) is 18.8. The number of fused-ring (bicyclic) bond motifs is 5. The van der Waals surface area contributed by atoms with Crippen LogP contribution in [0.25, 0.3) is 0 Å². The predicted molar refractivity (Wildman–Crippen MR) is 228 cm³/mol. The molecule has 0 radical (unpaired) electrons. The van der Waals surface area contributed by atoms with Gasteiger partial charge in [0.15, 0.2) is 18.9 Å². The molecule has 3 saturated heterocycles. The van der Waals surface area contributed by atoms with Gasteiger partial charge in [-0.1, -0.05) is 46.3 Å². The fourth-order valence-electron chi connectivity index (χ4n) is 14.4. The van der Waals surface area contributed by atoms with Crippen LogP contribution in [0.2, 0.25) is 0 Å². The maximum absolute atomic E-state index is 12.3. The van der Waals surface area contributed by atoms with Crippen molar-refractivity contribution in [1.82, 2.24) is 0 Å². The van der Waals surface area contributed by atoms with Crippen molar-refractivity contribution in [3.05, 3.63) is 11.6 Å². The summed E-state index contributed by atoms with van der Waals surface area (Å²) in [6, 6.07) is 0. The Labute approximate surface area is 377 Å². The fraction of sp³-hybridized carbons (Fsp3) is 0.957. The van der Waals surface area contributed by atoms with Gasteiger partial charge in [0.05, 0.1) is 37.6 Å². The summed E-state index contributed by atoms with van der Waals surface area (Å²) in [6.07, 6.45) is -13.9. The van der Waals surface area contributed by atoms with Gasteiger partial charge in [-0.25, -0.2) is 0 Å². The quantitative estimate of drug-likeness (QED) is 0.0946. The largest absolute Gasteiger partial charge is 0.394 e. The number of aliphatic hydroxyl groups is 11. The smallest absolute Gasteiger partial charge is 0.187 e. The lowest BCUT2D eigenvalue weighted by molar-refractivity contribution is -0.382. The summed E-state index contributed by atoms with van der Waals surface area (Å²) in [4.78, 5) is 0. The standard InChI is InChI=1S/C47H80O17/c1-22(2)10-9-14-47(8,58)23-11-16-46(7)31(23)24(49)18-29-44(5)15-13-30(43(3,4)28(44)12-17-45(29,46)6)63-42-39(64-41-38(57)35(54)33(52)26(19-48)61-41)36(55)34(53)27(62-42)21-60-40-37(56)32(51)25(50)20-59-40/h10,23-42,48-58H,9,11-21H2,1-8H3. The minimum Gasteiger partial charge on any atom is -0.394 e. The highest BCUT2D eigenvalue weighted by Gasteiger charge is 2.71. The molecule has 7 fully saturated rings. The summed E-state index contributed by atoms with van der Waals surface area (Å²) in [6.45, 7) is 16.1. The molecule has 64 heavy (non-hydrogen) atoms. The van der Waals surface area contributed by atoms with Crippen LogP contribution in [0.5, 0.6) is 0 Å². The Morgan fingerprint density at radius 2 is 1.33 bits per heavy atom. The summed E-state index contributed by atoms with van der Waals surface area (Å²) in [5, 5.41) is 120. The molecule has 17 heteroatoms. The molecule has 7 aliphatic rings. The second-order valence-electron chi connectivity index (χ2n) is 22.5. The molecule has 24 unspecified atom stereocenters. The van der Waals surface area contributed by atoms with Gasteiger partial charge < -0.3 is 84.6 Å². The third kappa shape index (κ3) is 8.71. The molecule has 4 aliphatic carbocycles. The zero-order valence-electron chi connectivity index (χ0n) is 39.0. The summed E-state index contributed by atoms with van der Waals surface area (Å²) in [5.74, 6) is 0.241. The van der Waals surface area contributed by atoms with Crippen molar-refractivity contribution in [2.75, 3.05) is 19.8 Å². The van der Waals surface area contributed by atoms with Gasteiger partial charge in [0.2, 0.25) is 0 Å². The first kappa shape index (κ1) is 50.9. The number of rotatable bonds is 12. The first-order valence-electron chi connectivity index (χ1n) is 23.8. The van der Waals surface area contributed by atoms with E-state index in [1.165, 1.54) is 5.57 Å². The van der Waals surface area contributed by atoms with E-state index >= 15 is 0 Å². The van der Waals surface area contributed by atoms with Crippen LogP contribution in [0.4, 0.5) is 0 Å². The van der Waals surface area contributed by atoms with Crippen LogP contribution in [-0.2, 0) is 28.4 Å². The molecule has 370 valence electrons. The van der Waals surface area contributed by atoms with Gasteiger partial charge in [-0.3, -0.25) is 0 Å². The van der Waals surface area contributed by atoms with Crippen molar-refractivity contribution in [2.24, 2.45) is 45.3 Å².